The van der Waals surface area contributed by atoms with E-state index < -0.39 is 0 Å². The van der Waals surface area contributed by atoms with Crippen molar-refractivity contribution in [1.82, 2.24) is 9.97 Å². The van der Waals surface area contributed by atoms with Gasteiger partial charge in [0, 0.05) is 24.7 Å². The number of aryl methyl sites for hydroxylation is 1. The molecule has 24 heavy (non-hydrogen) atoms. The van der Waals surface area contributed by atoms with Gasteiger partial charge in [-0.15, -0.1) is 0 Å². The van der Waals surface area contributed by atoms with Gasteiger partial charge >= 0.3 is 0 Å². The van der Waals surface area contributed by atoms with Crippen molar-refractivity contribution in [2.45, 2.75) is 26.2 Å². The molecule has 0 bridgehead atoms. The molecule has 2 aromatic rings. The lowest BCUT2D eigenvalue weighted by molar-refractivity contribution is 0.414. The molecule has 6 heteroatoms. The molecular weight excluding hydrogens is 302 g/mol. The maximum atomic E-state index is 5.31. The van der Waals surface area contributed by atoms with Crippen LogP contribution in [0.4, 0.5) is 11.6 Å². The third-order valence-electron chi connectivity index (χ3n) is 4.03. The lowest BCUT2D eigenvalue weighted by atomic mass is 10.1. The van der Waals surface area contributed by atoms with Gasteiger partial charge < -0.3 is 9.64 Å². The highest BCUT2D eigenvalue weighted by Crippen LogP contribution is 2.20. The largest absolute Gasteiger partial charge is 0.496 e. The lowest BCUT2D eigenvalue weighted by Crippen LogP contribution is -2.30. The van der Waals surface area contributed by atoms with Gasteiger partial charge in [-0.05, 0) is 38.3 Å². The number of methoxy groups -OCH3 is 1. The number of piperidine rings is 1. The van der Waals surface area contributed by atoms with Gasteiger partial charge in [0.1, 0.15) is 17.4 Å². The topological polar surface area (TPSA) is 62.6 Å². The first-order valence-electron chi connectivity index (χ1n) is 8.29. The molecule has 0 spiro atoms. The second kappa shape index (κ2) is 7.77. The predicted octanol–water partition coefficient (Wildman–Crippen LogP) is 3.23. The van der Waals surface area contributed by atoms with Crippen LogP contribution in [0.3, 0.4) is 0 Å². The van der Waals surface area contributed by atoms with E-state index in [0.29, 0.717) is 5.82 Å². The van der Waals surface area contributed by atoms with Crippen LogP contribution in [-0.2, 0) is 0 Å². The van der Waals surface area contributed by atoms with E-state index in [2.05, 4.69) is 25.4 Å². The maximum Gasteiger partial charge on any atom is 0.152 e. The van der Waals surface area contributed by atoms with E-state index in [4.69, 9.17) is 4.74 Å². The zero-order valence-corrected chi connectivity index (χ0v) is 14.2. The van der Waals surface area contributed by atoms with E-state index in [9.17, 15) is 0 Å². The minimum absolute atomic E-state index is 0.703. The predicted molar refractivity (Wildman–Crippen MR) is 97.0 cm³/mol. The van der Waals surface area contributed by atoms with Crippen molar-refractivity contribution in [3.63, 3.8) is 0 Å². The molecule has 0 aliphatic carbocycles. The molecule has 1 N–H and O–H groups in total. The van der Waals surface area contributed by atoms with Crippen molar-refractivity contribution in [2.24, 2.45) is 5.10 Å². The summed E-state index contributed by atoms with van der Waals surface area (Å²) in [5.74, 6) is 3.20. The van der Waals surface area contributed by atoms with Crippen LogP contribution in [0.15, 0.2) is 35.4 Å². The van der Waals surface area contributed by atoms with E-state index >= 15 is 0 Å². The Morgan fingerprint density at radius 3 is 2.75 bits per heavy atom. The molecule has 0 amide bonds. The Morgan fingerprint density at radius 2 is 1.96 bits per heavy atom. The Hall–Kier alpha value is -2.63. The van der Waals surface area contributed by atoms with Gasteiger partial charge in [-0.25, -0.2) is 9.97 Å². The first-order chi connectivity index (χ1) is 11.8. The number of aromatic nitrogens is 2. The molecule has 1 saturated heterocycles. The number of ether oxygens (including phenoxy) is 1. The first kappa shape index (κ1) is 16.2. The van der Waals surface area contributed by atoms with Crippen LogP contribution < -0.4 is 15.1 Å². The number of nitrogens with zero attached hydrogens (tertiary/aromatic N) is 4. The van der Waals surface area contributed by atoms with Crippen LogP contribution in [0.1, 0.15) is 30.7 Å². The number of nitrogens with one attached hydrogen (secondary N) is 1. The molecule has 3 rings (SSSR count). The highest BCUT2D eigenvalue weighted by atomic mass is 16.5. The standard InChI is InChI=1S/C18H23N5O/c1-14-20-17(12-18(21-14)23-10-6-3-7-11-23)22-19-13-15-8-4-5-9-16(15)24-2/h4-5,8-9,12-13H,3,6-7,10-11H2,1-2H3,(H,20,21,22). The summed E-state index contributed by atoms with van der Waals surface area (Å²) in [6.07, 6.45) is 5.47. The Bertz CT molecular complexity index is 710. The molecule has 0 saturated carbocycles. The van der Waals surface area contributed by atoms with Crippen LogP contribution in [-0.4, -0.2) is 36.4 Å². The SMILES string of the molecule is COc1ccccc1C=NNc1cc(N2CCCCC2)nc(C)n1. The minimum Gasteiger partial charge on any atom is -0.496 e. The first-order valence-corrected chi connectivity index (χ1v) is 8.29. The van der Waals surface area contributed by atoms with Crippen molar-refractivity contribution < 1.29 is 4.74 Å². The summed E-state index contributed by atoms with van der Waals surface area (Å²) in [6, 6.07) is 9.70. The molecule has 1 aliphatic rings. The Labute approximate surface area is 142 Å². The summed E-state index contributed by atoms with van der Waals surface area (Å²) in [7, 11) is 1.65. The fourth-order valence-electron chi connectivity index (χ4n) is 2.84. The summed E-state index contributed by atoms with van der Waals surface area (Å²) in [5.41, 5.74) is 3.91. The lowest BCUT2D eigenvalue weighted by Gasteiger charge is -2.27. The third kappa shape index (κ3) is 4.01. The molecule has 0 radical (unpaired) electrons. The molecular formula is C18H23N5O. The van der Waals surface area contributed by atoms with Crippen LogP contribution in [0.2, 0.25) is 0 Å². The maximum absolute atomic E-state index is 5.31. The zero-order chi connectivity index (χ0) is 16.8. The summed E-state index contributed by atoms with van der Waals surface area (Å²) >= 11 is 0. The molecule has 0 unspecified atom stereocenters. The van der Waals surface area contributed by atoms with Gasteiger partial charge in [-0.3, -0.25) is 5.43 Å². The van der Waals surface area contributed by atoms with E-state index in [0.717, 1.165) is 36.0 Å². The summed E-state index contributed by atoms with van der Waals surface area (Å²) < 4.78 is 5.31. The molecule has 0 atom stereocenters. The van der Waals surface area contributed by atoms with Crippen LogP contribution in [0.5, 0.6) is 5.75 Å². The van der Waals surface area contributed by atoms with Crippen molar-refractivity contribution in [3.05, 3.63) is 41.7 Å². The van der Waals surface area contributed by atoms with Gasteiger partial charge in [0.15, 0.2) is 5.82 Å². The van der Waals surface area contributed by atoms with Gasteiger partial charge in [-0.2, -0.15) is 5.10 Å². The quantitative estimate of drug-likeness (QED) is 0.675. The Morgan fingerprint density at radius 1 is 1.17 bits per heavy atom. The second-order valence-corrected chi connectivity index (χ2v) is 5.82. The van der Waals surface area contributed by atoms with E-state index in [1.165, 1.54) is 19.3 Å². The number of anilines is 2. The molecule has 1 aromatic carbocycles. The number of rotatable bonds is 5. The zero-order valence-electron chi connectivity index (χ0n) is 14.2. The van der Waals surface area contributed by atoms with Gasteiger partial charge in [0.2, 0.25) is 0 Å². The number of hydrogen-bond donors (Lipinski definition) is 1. The van der Waals surface area contributed by atoms with E-state index in [-0.39, 0.29) is 0 Å². The van der Waals surface area contributed by atoms with Crippen LogP contribution >= 0.6 is 0 Å². The molecule has 1 fully saturated rings. The van der Waals surface area contributed by atoms with E-state index in [1.54, 1.807) is 13.3 Å². The van der Waals surface area contributed by atoms with Crippen molar-refractivity contribution >= 4 is 17.9 Å². The van der Waals surface area contributed by atoms with Crippen molar-refractivity contribution in [1.29, 1.82) is 0 Å². The normalized spacial score (nSPS) is 14.8. The van der Waals surface area contributed by atoms with Gasteiger partial charge in [-0.1, -0.05) is 12.1 Å². The van der Waals surface area contributed by atoms with Crippen molar-refractivity contribution in [3.8, 4) is 5.75 Å². The average Bonchev–Trinajstić information content (AvgIpc) is 2.62. The molecule has 6 nitrogen and oxygen atoms in total. The smallest absolute Gasteiger partial charge is 0.152 e. The molecule has 2 heterocycles. The molecule has 1 aliphatic heterocycles. The minimum atomic E-state index is 0.703. The average molecular weight is 325 g/mol. The summed E-state index contributed by atoms with van der Waals surface area (Å²) in [4.78, 5) is 11.3. The fraction of sp³-hybridized carbons (Fsp3) is 0.389. The number of hydrogen-bond acceptors (Lipinski definition) is 6. The highest BCUT2D eigenvalue weighted by molar-refractivity contribution is 5.83. The van der Waals surface area contributed by atoms with Crippen LogP contribution in [0.25, 0.3) is 0 Å². The van der Waals surface area contributed by atoms with Crippen molar-refractivity contribution in [2.75, 3.05) is 30.5 Å². The second-order valence-electron chi connectivity index (χ2n) is 5.82. The third-order valence-corrected chi connectivity index (χ3v) is 4.03. The number of hydrazone groups is 1. The summed E-state index contributed by atoms with van der Waals surface area (Å²) in [5, 5.41) is 4.28. The molecule has 126 valence electrons. The number of para-hydroxylation sites is 1. The summed E-state index contributed by atoms with van der Waals surface area (Å²) in [6.45, 7) is 4.02. The van der Waals surface area contributed by atoms with Crippen LogP contribution in [0, 0.1) is 6.92 Å². The fourth-order valence-corrected chi connectivity index (χ4v) is 2.84. The molecule has 1 aromatic heterocycles. The van der Waals surface area contributed by atoms with Gasteiger partial charge in [0.05, 0.1) is 13.3 Å². The Kier molecular flexibility index (Phi) is 5.25. The van der Waals surface area contributed by atoms with Gasteiger partial charge in [0.25, 0.3) is 0 Å². The van der Waals surface area contributed by atoms with E-state index in [1.807, 2.05) is 37.3 Å². The highest BCUT2D eigenvalue weighted by Gasteiger charge is 2.13. The Balaban J connectivity index is 1.72. The number of benzene rings is 1. The monoisotopic (exact) mass is 325 g/mol.